The summed E-state index contributed by atoms with van der Waals surface area (Å²) >= 11 is 0. The van der Waals surface area contributed by atoms with Crippen molar-refractivity contribution in [1.82, 2.24) is 9.55 Å². The lowest BCUT2D eigenvalue weighted by molar-refractivity contribution is 0.417. The molecule has 17 heavy (non-hydrogen) atoms. The van der Waals surface area contributed by atoms with Gasteiger partial charge in [-0.05, 0) is 26.3 Å². The number of aryl methyl sites for hydroxylation is 1. The van der Waals surface area contributed by atoms with Crippen LogP contribution in [0.2, 0.25) is 0 Å². The van der Waals surface area contributed by atoms with Crippen LogP contribution in [0.4, 0.5) is 5.69 Å². The SMILES string of the molecule is CCC(C)n1c(C)nc2cc(OC)c(N)cc21. The Hall–Kier alpha value is -1.71. The summed E-state index contributed by atoms with van der Waals surface area (Å²) in [6.07, 6.45) is 1.07. The predicted octanol–water partition coefficient (Wildman–Crippen LogP) is 2.91. The van der Waals surface area contributed by atoms with Crippen LogP contribution in [0.1, 0.15) is 32.1 Å². The van der Waals surface area contributed by atoms with E-state index in [0.29, 0.717) is 17.5 Å². The third-order valence-corrected chi connectivity index (χ3v) is 3.25. The molecule has 1 aromatic heterocycles. The van der Waals surface area contributed by atoms with Gasteiger partial charge in [-0.3, -0.25) is 0 Å². The van der Waals surface area contributed by atoms with Crippen LogP contribution in [-0.2, 0) is 0 Å². The van der Waals surface area contributed by atoms with E-state index in [4.69, 9.17) is 10.5 Å². The van der Waals surface area contributed by atoms with E-state index in [-0.39, 0.29) is 0 Å². The summed E-state index contributed by atoms with van der Waals surface area (Å²) in [5.74, 6) is 1.70. The minimum Gasteiger partial charge on any atom is -0.495 e. The number of nitrogen functional groups attached to an aromatic ring is 1. The number of ether oxygens (including phenoxy) is 1. The van der Waals surface area contributed by atoms with Crippen molar-refractivity contribution >= 4 is 16.7 Å². The molecule has 0 saturated heterocycles. The van der Waals surface area contributed by atoms with Crippen LogP contribution in [0.3, 0.4) is 0 Å². The molecule has 0 bridgehead atoms. The van der Waals surface area contributed by atoms with Crippen LogP contribution in [0.15, 0.2) is 12.1 Å². The first-order valence-corrected chi connectivity index (χ1v) is 5.90. The van der Waals surface area contributed by atoms with Crippen molar-refractivity contribution in [1.29, 1.82) is 0 Å². The molecule has 1 aromatic carbocycles. The van der Waals surface area contributed by atoms with E-state index in [1.165, 1.54) is 0 Å². The zero-order valence-electron chi connectivity index (χ0n) is 10.8. The van der Waals surface area contributed by atoms with Crippen LogP contribution >= 0.6 is 0 Å². The van der Waals surface area contributed by atoms with Gasteiger partial charge in [-0.25, -0.2) is 4.98 Å². The fraction of sp³-hybridized carbons (Fsp3) is 0.462. The minimum absolute atomic E-state index is 0.424. The molecule has 2 aromatic rings. The van der Waals surface area contributed by atoms with E-state index in [9.17, 15) is 0 Å². The molecule has 1 atom stereocenters. The summed E-state index contributed by atoms with van der Waals surface area (Å²) in [5, 5.41) is 0. The second-order valence-corrected chi connectivity index (χ2v) is 4.37. The van der Waals surface area contributed by atoms with Crippen LogP contribution in [0.5, 0.6) is 5.75 Å². The topological polar surface area (TPSA) is 53.1 Å². The number of aromatic nitrogens is 2. The molecule has 0 radical (unpaired) electrons. The van der Waals surface area contributed by atoms with Crippen LogP contribution < -0.4 is 10.5 Å². The smallest absolute Gasteiger partial charge is 0.144 e. The molecule has 4 heteroatoms. The molecular weight excluding hydrogens is 214 g/mol. The molecule has 0 saturated carbocycles. The molecule has 4 nitrogen and oxygen atoms in total. The highest BCUT2D eigenvalue weighted by Gasteiger charge is 2.14. The fourth-order valence-corrected chi connectivity index (χ4v) is 2.17. The number of imidazole rings is 1. The highest BCUT2D eigenvalue weighted by molar-refractivity contribution is 5.83. The van der Waals surface area contributed by atoms with Crippen molar-refractivity contribution < 1.29 is 4.74 Å². The first-order valence-electron chi connectivity index (χ1n) is 5.90. The molecule has 1 unspecified atom stereocenters. The Bertz CT molecular complexity index is 545. The van der Waals surface area contributed by atoms with Gasteiger partial charge in [0.25, 0.3) is 0 Å². The number of benzene rings is 1. The molecule has 0 fully saturated rings. The summed E-state index contributed by atoms with van der Waals surface area (Å²) in [6.45, 7) is 6.38. The summed E-state index contributed by atoms with van der Waals surface area (Å²) in [7, 11) is 1.62. The highest BCUT2D eigenvalue weighted by atomic mass is 16.5. The number of methoxy groups -OCH3 is 1. The molecule has 0 aliphatic heterocycles. The molecule has 2 rings (SSSR count). The lowest BCUT2D eigenvalue weighted by Crippen LogP contribution is -2.05. The Morgan fingerprint density at radius 1 is 1.47 bits per heavy atom. The quantitative estimate of drug-likeness (QED) is 0.829. The largest absolute Gasteiger partial charge is 0.495 e. The summed E-state index contributed by atoms with van der Waals surface area (Å²) in [4.78, 5) is 4.56. The summed E-state index contributed by atoms with van der Waals surface area (Å²) in [5.41, 5.74) is 8.63. The van der Waals surface area contributed by atoms with E-state index >= 15 is 0 Å². The van der Waals surface area contributed by atoms with Gasteiger partial charge in [0.05, 0.1) is 23.8 Å². The number of nitrogens with zero attached hydrogens (tertiary/aromatic N) is 2. The van der Waals surface area contributed by atoms with Gasteiger partial charge in [-0.2, -0.15) is 0 Å². The van der Waals surface area contributed by atoms with Crippen molar-refractivity contribution in [2.75, 3.05) is 12.8 Å². The number of hydrogen-bond acceptors (Lipinski definition) is 3. The van der Waals surface area contributed by atoms with Gasteiger partial charge >= 0.3 is 0 Å². The molecular formula is C13H19N3O. The third-order valence-electron chi connectivity index (χ3n) is 3.25. The second-order valence-electron chi connectivity index (χ2n) is 4.37. The van der Waals surface area contributed by atoms with Crippen LogP contribution in [0.25, 0.3) is 11.0 Å². The first kappa shape index (κ1) is 11.8. The van der Waals surface area contributed by atoms with Gasteiger partial charge < -0.3 is 15.0 Å². The molecule has 0 aliphatic rings. The number of hydrogen-bond donors (Lipinski definition) is 1. The number of fused-ring (bicyclic) bond motifs is 1. The minimum atomic E-state index is 0.424. The van der Waals surface area contributed by atoms with Crippen LogP contribution in [-0.4, -0.2) is 16.7 Å². The maximum absolute atomic E-state index is 5.95. The van der Waals surface area contributed by atoms with Crippen molar-refractivity contribution in [2.24, 2.45) is 0 Å². The number of rotatable bonds is 3. The Morgan fingerprint density at radius 2 is 2.18 bits per heavy atom. The fourth-order valence-electron chi connectivity index (χ4n) is 2.17. The van der Waals surface area contributed by atoms with E-state index in [2.05, 4.69) is 23.4 Å². The Morgan fingerprint density at radius 3 is 2.76 bits per heavy atom. The lowest BCUT2D eigenvalue weighted by atomic mass is 10.2. The van der Waals surface area contributed by atoms with Gasteiger partial charge in [-0.15, -0.1) is 0 Å². The average Bonchev–Trinajstić information content (AvgIpc) is 2.62. The zero-order valence-corrected chi connectivity index (χ0v) is 10.8. The third kappa shape index (κ3) is 1.84. The highest BCUT2D eigenvalue weighted by Crippen LogP contribution is 2.30. The zero-order chi connectivity index (χ0) is 12.6. The Labute approximate surface area is 101 Å². The Balaban J connectivity index is 2.70. The molecule has 2 N–H and O–H groups in total. The average molecular weight is 233 g/mol. The molecule has 0 spiro atoms. The summed E-state index contributed by atoms with van der Waals surface area (Å²) in [6, 6.07) is 4.27. The van der Waals surface area contributed by atoms with Gasteiger partial charge in [-0.1, -0.05) is 6.92 Å². The number of anilines is 1. The van der Waals surface area contributed by atoms with E-state index < -0.39 is 0 Å². The molecule has 1 heterocycles. The maximum Gasteiger partial charge on any atom is 0.144 e. The molecule has 0 amide bonds. The predicted molar refractivity (Wildman–Crippen MR) is 70.4 cm³/mol. The monoisotopic (exact) mass is 233 g/mol. The van der Waals surface area contributed by atoms with Gasteiger partial charge in [0.1, 0.15) is 11.6 Å². The maximum atomic E-state index is 5.95. The van der Waals surface area contributed by atoms with Crippen molar-refractivity contribution in [2.45, 2.75) is 33.2 Å². The standard InChI is InChI=1S/C13H19N3O/c1-5-8(2)16-9(3)15-11-7-13(17-4)10(14)6-12(11)16/h6-8H,5,14H2,1-4H3. The van der Waals surface area contributed by atoms with Crippen molar-refractivity contribution in [3.63, 3.8) is 0 Å². The molecule has 0 aliphatic carbocycles. The van der Waals surface area contributed by atoms with Crippen molar-refractivity contribution in [3.05, 3.63) is 18.0 Å². The van der Waals surface area contributed by atoms with Gasteiger partial charge in [0.15, 0.2) is 0 Å². The number of nitrogens with two attached hydrogens (primary N) is 1. The van der Waals surface area contributed by atoms with E-state index in [1.807, 2.05) is 19.1 Å². The Kier molecular flexibility index (Phi) is 2.96. The second kappa shape index (κ2) is 4.28. The van der Waals surface area contributed by atoms with Crippen LogP contribution in [0, 0.1) is 6.92 Å². The van der Waals surface area contributed by atoms with Gasteiger partial charge in [0, 0.05) is 12.1 Å². The first-order chi connectivity index (χ1) is 8.08. The molecule has 92 valence electrons. The normalized spacial score (nSPS) is 12.9. The van der Waals surface area contributed by atoms with E-state index in [1.54, 1.807) is 7.11 Å². The lowest BCUT2D eigenvalue weighted by Gasteiger charge is -2.14. The van der Waals surface area contributed by atoms with Crippen molar-refractivity contribution in [3.8, 4) is 5.75 Å². The summed E-state index contributed by atoms with van der Waals surface area (Å²) < 4.78 is 7.44. The van der Waals surface area contributed by atoms with E-state index in [0.717, 1.165) is 23.3 Å². The van der Waals surface area contributed by atoms with Gasteiger partial charge in [0.2, 0.25) is 0 Å².